The minimum absolute atomic E-state index is 0.191. The zero-order valence-corrected chi connectivity index (χ0v) is 15.9. The Labute approximate surface area is 159 Å². The minimum Gasteiger partial charge on any atom is -0.464 e. The van der Waals surface area contributed by atoms with Gasteiger partial charge in [0, 0.05) is 18.3 Å². The first-order chi connectivity index (χ1) is 13.2. The van der Waals surface area contributed by atoms with Crippen LogP contribution in [0.15, 0.2) is 53.1 Å². The van der Waals surface area contributed by atoms with E-state index in [9.17, 15) is 4.79 Å². The molecule has 0 aliphatic carbocycles. The van der Waals surface area contributed by atoms with Crippen molar-refractivity contribution in [1.29, 1.82) is 0 Å². The van der Waals surface area contributed by atoms with Crippen LogP contribution < -0.4 is 10.6 Å². The van der Waals surface area contributed by atoms with E-state index < -0.39 is 0 Å². The Bertz CT molecular complexity index is 872. The number of para-hydroxylation sites is 1. The first-order valence-corrected chi connectivity index (χ1v) is 9.42. The molecule has 142 valence electrons. The molecule has 0 aliphatic rings. The van der Waals surface area contributed by atoms with Crippen molar-refractivity contribution in [3.05, 3.63) is 54.4 Å². The largest absolute Gasteiger partial charge is 0.464 e. The van der Waals surface area contributed by atoms with E-state index in [1.807, 2.05) is 36.4 Å². The third-order valence-electron chi connectivity index (χ3n) is 4.55. The van der Waals surface area contributed by atoms with E-state index in [0.717, 1.165) is 37.1 Å². The fraction of sp³-hybridized carbons (Fsp3) is 0.333. The summed E-state index contributed by atoms with van der Waals surface area (Å²) < 4.78 is 5.51. The summed E-state index contributed by atoms with van der Waals surface area (Å²) in [6.07, 6.45) is 2.51. The highest BCUT2D eigenvalue weighted by Crippen LogP contribution is 2.26. The summed E-state index contributed by atoms with van der Waals surface area (Å²) in [4.78, 5) is 19.4. The molecule has 2 aromatic heterocycles. The summed E-state index contributed by atoms with van der Waals surface area (Å²) in [5.41, 5.74) is 1.89. The lowest BCUT2D eigenvalue weighted by Crippen LogP contribution is -2.30. The van der Waals surface area contributed by atoms with Crippen LogP contribution in [0.4, 0.5) is 11.5 Å². The second-order valence-corrected chi connectivity index (χ2v) is 6.32. The first kappa shape index (κ1) is 18.9. The number of hydrogen-bond donors (Lipinski definition) is 2. The van der Waals surface area contributed by atoms with Crippen LogP contribution in [0.3, 0.4) is 0 Å². The van der Waals surface area contributed by atoms with Gasteiger partial charge in [-0.3, -0.25) is 4.79 Å². The number of nitrogens with one attached hydrogen (secondary N) is 2. The molecule has 0 saturated heterocycles. The molecule has 27 heavy (non-hydrogen) atoms. The Kier molecular flexibility index (Phi) is 6.44. The lowest BCUT2D eigenvalue weighted by atomic mass is 10.2. The number of amides is 1. The van der Waals surface area contributed by atoms with Crippen LogP contribution in [0.1, 0.15) is 30.8 Å². The molecule has 6 heteroatoms. The van der Waals surface area contributed by atoms with Gasteiger partial charge in [-0.25, -0.2) is 4.98 Å². The number of carbonyl (C=O) groups excluding carboxylic acids is 1. The number of pyridine rings is 1. The van der Waals surface area contributed by atoms with Crippen molar-refractivity contribution in [3.8, 4) is 0 Å². The van der Waals surface area contributed by atoms with Gasteiger partial charge in [0.25, 0.3) is 5.91 Å². The number of aromatic nitrogens is 1. The highest BCUT2D eigenvalue weighted by Gasteiger charge is 2.14. The van der Waals surface area contributed by atoms with Gasteiger partial charge in [0.1, 0.15) is 17.1 Å². The second-order valence-electron chi connectivity index (χ2n) is 6.32. The normalized spacial score (nSPS) is 11.1. The maximum atomic E-state index is 12.5. The van der Waals surface area contributed by atoms with E-state index in [2.05, 4.69) is 34.4 Å². The molecule has 0 saturated carbocycles. The molecule has 0 spiro atoms. The van der Waals surface area contributed by atoms with Gasteiger partial charge in [0.05, 0.1) is 11.6 Å². The molecule has 6 nitrogen and oxygen atoms in total. The van der Waals surface area contributed by atoms with Crippen molar-refractivity contribution >= 4 is 28.4 Å². The number of benzene rings is 1. The third-order valence-corrected chi connectivity index (χ3v) is 4.55. The van der Waals surface area contributed by atoms with Crippen molar-refractivity contribution in [1.82, 2.24) is 15.2 Å². The van der Waals surface area contributed by atoms with E-state index >= 15 is 0 Å². The molecular formula is C21H26N4O2. The molecule has 3 aromatic rings. The van der Waals surface area contributed by atoms with Gasteiger partial charge in [-0.1, -0.05) is 32.0 Å². The van der Waals surface area contributed by atoms with E-state index in [1.54, 1.807) is 12.3 Å². The number of rotatable bonds is 9. The van der Waals surface area contributed by atoms with Gasteiger partial charge in [0.15, 0.2) is 0 Å². The molecule has 3 rings (SSSR count). The summed E-state index contributed by atoms with van der Waals surface area (Å²) >= 11 is 0. The van der Waals surface area contributed by atoms with Crippen molar-refractivity contribution in [2.75, 3.05) is 31.5 Å². The van der Waals surface area contributed by atoms with Gasteiger partial charge in [0.2, 0.25) is 0 Å². The molecule has 0 fully saturated rings. The smallest absolute Gasteiger partial charge is 0.270 e. The van der Waals surface area contributed by atoms with Crippen LogP contribution >= 0.6 is 0 Å². The summed E-state index contributed by atoms with van der Waals surface area (Å²) in [5.74, 6) is 0.421. The molecule has 0 atom stereocenters. The van der Waals surface area contributed by atoms with Crippen molar-refractivity contribution in [2.24, 2.45) is 0 Å². The van der Waals surface area contributed by atoms with E-state index in [4.69, 9.17) is 4.42 Å². The van der Waals surface area contributed by atoms with Gasteiger partial charge < -0.3 is 20.0 Å². The SMILES string of the molecule is CCN(CC)CCCNC(=O)c1cc2occc2c(Nc2ccccc2)n1. The fourth-order valence-electron chi connectivity index (χ4n) is 2.97. The molecule has 0 radical (unpaired) electrons. The van der Waals surface area contributed by atoms with Crippen molar-refractivity contribution in [3.63, 3.8) is 0 Å². The Balaban J connectivity index is 1.70. The molecule has 0 bridgehead atoms. The zero-order chi connectivity index (χ0) is 19.1. The molecule has 0 unspecified atom stereocenters. The van der Waals surface area contributed by atoms with Crippen LogP contribution in [-0.4, -0.2) is 42.0 Å². The number of fused-ring (bicyclic) bond motifs is 1. The Morgan fingerprint density at radius 3 is 2.67 bits per heavy atom. The molecular weight excluding hydrogens is 340 g/mol. The highest BCUT2D eigenvalue weighted by atomic mass is 16.3. The predicted octanol–water partition coefficient (Wildman–Crippen LogP) is 4.03. The van der Waals surface area contributed by atoms with Gasteiger partial charge in [-0.05, 0) is 44.3 Å². The van der Waals surface area contributed by atoms with Gasteiger partial charge in [-0.15, -0.1) is 0 Å². The Morgan fingerprint density at radius 1 is 1.15 bits per heavy atom. The maximum absolute atomic E-state index is 12.5. The summed E-state index contributed by atoms with van der Waals surface area (Å²) in [6.45, 7) is 7.93. The highest BCUT2D eigenvalue weighted by molar-refractivity contribution is 5.99. The lowest BCUT2D eigenvalue weighted by Gasteiger charge is -2.17. The van der Waals surface area contributed by atoms with E-state index in [0.29, 0.717) is 23.6 Å². The van der Waals surface area contributed by atoms with Crippen LogP contribution in [-0.2, 0) is 0 Å². The number of anilines is 2. The zero-order valence-electron chi connectivity index (χ0n) is 15.9. The molecule has 1 aromatic carbocycles. The predicted molar refractivity (Wildman–Crippen MR) is 108 cm³/mol. The van der Waals surface area contributed by atoms with Gasteiger partial charge in [-0.2, -0.15) is 0 Å². The summed E-state index contributed by atoms with van der Waals surface area (Å²) in [5, 5.41) is 7.07. The lowest BCUT2D eigenvalue weighted by molar-refractivity contribution is 0.0947. The van der Waals surface area contributed by atoms with Crippen molar-refractivity contribution in [2.45, 2.75) is 20.3 Å². The van der Waals surface area contributed by atoms with Crippen LogP contribution in [0.2, 0.25) is 0 Å². The first-order valence-electron chi connectivity index (χ1n) is 9.42. The standard InChI is InChI=1S/C21H26N4O2/c1-3-25(4-2)13-8-12-22-21(26)18-15-19-17(11-14-27-19)20(24-18)23-16-9-6-5-7-10-16/h5-7,9-11,14-15H,3-4,8,12-13H2,1-2H3,(H,22,26)(H,23,24). The average Bonchev–Trinajstić information content (AvgIpc) is 3.18. The van der Waals surface area contributed by atoms with E-state index in [-0.39, 0.29) is 5.91 Å². The summed E-state index contributed by atoms with van der Waals surface area (Å²) in [6, 6.07) is 13.3. The number of nitrogens with zero attached hydrogens (tertiary/aromatic N) is 2. The van der Waals surface area contributed by atoms with Crippen LogP contribution in [0, 0.1) is 0 Å². The fourth-order valence-corrected chi connectivity index (χ4v) is 2.97. The third kappa shape index (κ3) is 4.86. The van der Waals surface area contributed by atoms with E-state index in [1.165, 1.54) is 0 Å². The average molecular weight is 366 g/mol. The number of hydrogen-bond acceptors (Lipinski definition) is 5. The van der Waals surface area contributed by atoms with Crippen LogP contribution in [0.5, 0.6) is 0 Å². The number of carbonyl (C=O) groups is 1. The Hall–Kier alpha value is -2.86. The quantitative estimate of drug-likeness (QED) is 0.560. The van der Waals surface area contributed by atoms with Gasteiger partial charge >= 0.3 is 0 Å². The minimum atomic E-state index is -0.191. The number of furan rings is 1. The Morgan fingerprint density at radius 2 is 1.93 bits per heavy atom. The monoisotopic (exact) mass is 366 g/mol. The van der Waals surface area contributed by atoms with Crippen molar-refractivity contribution < 1.29 is 9.21 Å². The molecule has 2 heterocycles. The maximum Gasteiger partial charge on any atom is 0.270 e. The summed E-state index contributed by atoms with van der Waals surface area (Å²) in [7, 11) is 0. The molecule has 2 N–H and O–H groups in total. The second kappa shape index (κ2) is 9.19. The molecule has 1 amide bonds. The molecule has 0 aliphatic heterocycles. The topological polar surface area (TPSA) is 70.4 Å². The van der Waals surface area contributed by atoms with Crippen LogP contribution in [0.25, 0.3) is 11.0 Å².